The maximum absolute atomic E-state index is 11.0. The minimum atomic E-state index is -1.16. The van der Waals surface area contributed by atoms with E-state index < -0.39 is 11.6 Å². The molecule has 4 heteroatoms. The summed E-state index contributed by atoms with van der Waals surface area (Å²) in [6, 6.07) is 16.5. The lowest BCUT2D eigenvalue weighted by molar-refractivity contribution is 0.0214. The van der Waals surface area contributed by atoms with Gasteiger partial charge in [-0.3, -0.25) is 0 Å². The predicted octanol–water partition coefficient (Wildman–Crippen LogP) is 3.48. The number of nitrogens with zero attached hydrogens (tertiary/aromatic N) is 3. The standard InChI is InChI=1S/C15H13N3O/c16-18-17-14-13-9-5-4-6-11(13)10-15(14,19)12-7-2-1-3-8-12/h1-9,14,19H,10H2/t14-,15+/m1/s1. The van der Waals surface area contributed by atoms with Crippen molar-refractivity contribution >= 4 is 0 Å². The molecule has 94 valence electrons. The van der Waals surface area contributed by atoms with Crippen LogP contribution in [-0.2, 0) is 12.0 Å². The summed E-state index contributed by atoms with van der Waals surface area (Å²) in [7, 11) is 0. The third-order valence-electron chi connectivity index (χ3n) is 3.70. The molecule has 0 spiro atoms. The molecular formula is C15H13N3O. The first-order valence-corrected chi connectivity index (χ1v) is 6.15. The van der Waals surface area contributed by atoms with Crippen molar-refractivity contribution < 1.29 is 5.11 Å². The molecule has 2 aromatic carbocycles. The van der Waals surface area contributed by atoms with Crippen LogP contribution in [0.1, 0.15) is 22.7 Å². The van der Waals surface area contributed by atoms with Crippen LogP contribution < -0.4 is 0 Å². The van der Waals surface area contributed by atoms with Crippen molar-refractivity contribution in [2.45, 2.75) is 18.1 Å². The fourth-order valence-corrected chi connectivity index (χ4v) is 2.80. The number of fused-ring (bicyclic) bond motifs is 1. The van der Waals surface area contributed by atoms with Gasteiger partial charge in [0.15, 0.2) is 0 Å². The summed E-state index contributed by atoms with van der Waals surface area (Å²) in [5.41, 5.74) is 10.3. The van der Waals surface area contributed by atoms with Crippen molar-refractivity contribution in [1.82, 2.24) is 0 Å². The first-order chi connectivity index (χ1) is 9.25. The number of hydrogen-bond donors (Lipinski definition) is 1. The summed E-state index contributed by atoms with van der Waals surface area (Å²) in [6.45, 7) is 0. The van der Waals surface area contributed by atoms with Gasteiger partial charge in [0.1, 0.15) is 5.60 Å². The summed E-state index contributed by atoms with van der Waals surface area (Å²) in [5.74, 6) is 0. The molecule has 2 aromatic rings. The van der Waals surface area contributed by atoms with Gasteiger partial charge in [-0.25, -0.2) is 0 Å². The van der Waals surface area contributed by atoms with Gasteiger partial charge >= 0.3 is 0 Å². The van der Waals surface area contributed by atoms with E-state index in [4.69, 9.17) is 5.53 Å². The molecule has 0 bridgehead atoms. The Morgan fingerprint density at radius 1 is 1.11 bits per heavy atom. The van der Waals surface area contributed by atoms with Gasteiger partial charge in [0.25, 0.3) is 0 Å². The molecule has 0 amide bonds. The van der Waals surface area contributed by atoms with E-state index in [2.05, 4.69) is 10.0 Å². The van der Waals surface area contributed by atoms with Crippen LogP contribution in [0.2, 0.25) is 0 Å². The van der Waals surface area contributed by atoms with Crippen LogP contribution in [0.4, 0.5) is 0 Å². The molecule has 0 radical (unpaired) electrons. The Hall–Kier alpha value is -2.29. The lowest BCUT2D eigenvalue weighted by Gasteiger charge is -2.28. The molecule has 4 nitrogen and oxygen atoms in total. The van der Waals surface area contributed by atoms with Crippen LogP contribution >= 0.6 is 0 Å². The first-order valence-electron chi connectivity index (χ1n) is 6.15. The number of aliphatic hydroxyl groups is 1. The van der Waals surface area contributed by atoms with Crippen molar-refractivity contribution in [3.63, 3.8) is 0 Å². The van der Waals surface area contributed by atoms with Crippen LogP contribution in [0.25, 0.3) is 10.4 Å². The van der Waals surface area contributed by atoms with Gasteiger partial charge in [-0.15, -0.1) is 0 Å². The van der Waals surface area contributed by atoms with Gasteiger partial charge < -0.3 is 5.11 Å². The molecule has 19 heavy (non-hydrogen) atoms. The van der Waals surface area contributed by atoms with Crippen LogP contribution in [0.5, 0.6) is 0 Å². The lowest BCUT2D eigenvalue weighted by Crippen LogP contribution is -2.29. The molecular weight excluding hydrogens is 238 g/mol. The lowest BCUT2D eigenvalue weighted by atomic mass is 9.87. The zero-order valence-electron chi connectivity index (χ0n) is 10.3. The molecule has 0 unspecified atom stereocenters. The maximum atomic E-state index is 11.0. The molecule has 1 N–H and O–H groups in total. The minimum Gasteiger partial charge on any atom is -0.384 e. The van der Waals surface area contributed by atoms with Crippen molar-refractivity contribution in [2.24, 2.45) is 5.11 Å². The fraction of sp³-hybridized carbons (Fsp3) is 0.200. The highest BCUT2D eigenvalue weighted by atomic mass is 16.3. The summed E-state index contributed by atoms with van der Waals surface area (Å²) in [4.78, 5) is 2.90. The van der Waals surface area contributed by atoms with E-state index in [-0.39, 0.29) is 0 Å². The molecule has 0 saturated heterocycles. The SMILES string of the molecule is [N-]=[N+]=N[C@@H]1c2ccccc2C[C@]1(O)c1ccccc1. The Balaban J connectivity index is 2.16. The number of benzene rings is 2. The molecule has 3 rings (SSSR count). The Bertz CT molecular complexity index is 649. The molecule has 0 saturated carbocycles. The Labute approximate surface area is 111 Å². The van der Waals surface area contributed by atoms with E-state index in [1.54, 1.807) is 0 Å². The molecule has 0 aliphatic heterocycles. The van der Waals surface area contributed by atoms with E-state index >= 15 is 0 Å². The van der Waals surface area contributed by atoms with E-state index in [0.29, 0.717) is 6.42 Å². The van der Waals surface area contributed by atoms with Crippen molar-refractivity contribution in [3.8, 4) is 0 Å². The number of hydrogen-bond acceptors (Lipinski definition) is 2. The summed E-state index contributed by atoms with van der Waals surface area (Å²) >= 11 is 0. The smallest absolute Gasteiger partial charge is 0.106 e. The highest BCUT2D eigenvalue weighted by molar-refractivity contribution is 5.43. The zero-order chi connectivity index (χ0) is 13.3. The van der Waals surface area contributed by atoms with Crippen molar-refractivity contribution in [3.05, 3.63) is 81.7 Å². The normalized spacial score (nSPS) is 24.6. The molecule has 1 aliphatic rings. The second kappa shape index (κ2) is 4.43. The van der Waals surface area contributed by atoms with Crippen molar-refractivity contribution in [1.29, 1.82) is 0 Å². The largest absolute Gasteiger partial charge is 0.384 e. The van der Waals surface area contributed by atoms with Gasteiger partial charge in [-0.05, 0) is 22.2 Å². The van der Waals surface area contributed by atoms with Gasteiger partial charge in [-0.1, -0.05) is 59.7 Å². The first kappa shape index (κ1) is 11.8. The van der Waals surface area contributed by atoms with E-state index in [1.165, 1.54) is 0 Å². The summed E-state index contributed by atoms with van der Waals surface area (Å²) in [6.07, 6.45) is 0.469. The molecule has 0 fully saturated rings. The molecule has 1 aliphatic carbocycles. The predicted molar refractivity (Wildman–Crippen MR) is 72.4 cm³/mol. The van der Waals surface area contributed by atoms with Crippen LogP contribution in [-0.4, -0.2) is 5.11 Å². The highest BCUT2D eigenvalue weighted by Crippen LogP contribution is 2.47. The Morgan fingerprint density at radius 2 is 1.79 bits per heavy atom. The number of rotatable bonds is 2. The Morgan fingerprint density at radius 3 is 2.53 bits per heavy atom. The van der Waals surface area contributed by atoms with Gasteiger partial charge in [0.2, 0.25) is 0 Å². The minimum absolute atomic E-state index is 0.469. The third kappa shape index (κ3) is 1.78. The second-order valence-corrected chi connectivity index (χ2v) is 4.77. The van der Waals surface area contributed by atoms with Crippen molar-refractivity contribution in [2.75, 3.05) is 0 Å². The third-order valence-corrected chi connectivity index (χ3v) is 3.70. The van der Waals surface area contributed by atoms with Gasteiger partial charge in [0.05, 0.1) is 6.04 Å². The van der Waals surface area contributed by atoms with Crippen LogP contribution in [0.3, 0.4) is 0 Å². The van der Waals surface area contributed by atoms with E-state index in [0.717, 1.165) is 16.7 Å². The fourth-order valence-electron chi connectivity index (χ4n) is 2.80. The quantitative estimate of drug-likeness (QED) is 0.495. The molecule has 0 aromatic heterocycles. The maximum Gasteiger partial charge on any atom is 0.106 e. The van der Waals surface area contributed by atoms with E-state index in [1.807, 2.05) is 54.6 Å². The van der Waals surface area contributed by atoms with Crippen LogP contribution in [0.15, 0.2) is 59.7 Å². The van der Waals surface area contributed by atoms with Gasteiger partial charge in [-0.2, -0.15) is 0 Å². The molecule has 2 atom stereocenters. The average molecular weight is 251 g/mol. The zero-order valence-corrected chi connectivity index (χ0v) is 10.3. The topological polar surface area (TPSA) is 69.0 Å². The van der Waals surface area contributed by atoms with Crippen LogP contribution in [0, 0.1) is 0 Å². The molecule has 0 heterocycles. The highest BCUT2D eigenvalue weighted by Gasteiger charge is 2.45. The Kier molecular flexibility index (Phi) is 2.75. The number of azide groups is 1. The summed E-state index contributed by atoms with van der Waals surface area (Å²) in [5, 5.41) is 14.8. The summed E-state index contributed by atoms with van der Waals surface area (Å²) < 4.78 is 0. The monoisotopic (exact) mass is 251 g/mol. The van der Waals surface area contributed by atoms with Gasteiger partial charge in [0, 0.05) is 11.3 Å². The average Bonchev–Trinajstić information content (AvgIpc) is 2.75. The second-order valence-electron chi connectivity index (χ2n) is 4.77. The van der Waals surface area contributed by atoms with E-state index in [9.17, 15) is 5.11 Å².